The molecule has 26 heavy (non-hydrogen) atoms. The summed E-state index contributed by atoms with van der Waals surface area (Å²) in [6.07, 6.45) is 5.39. The summed E-state index contributed by atoms with van der Waals surface area (Å²) in [6.45, 7) is 9.09. The zero-order chi connectivity index (χ0) is 18.4. The molecule has 140 valence electrons. The summed E-state index contributed by atoms with van der Waals surface area (Å²) >= 11 is 0. The van der Waals surface area contributed by atoms with Crippen molar-refractivity contribution in [2.45, 2.75) is 32.2 Å². The van der Waals surface area contributed by atoms with Crippen molar-refractivity contribution in [1.29, 1.82) is 0 Å². The van der Waals surface area contributed by atoms with Crippen LogP contribution in [0.5, 0.6) is 0 Å². The SMILES string of the molecule is C=Cc1cccc(CN2CCCN(C(=O)CN3CCCCC3=O)CC2)c1. The first-order chi connectivity index (χ1) is 12.7. The lowest BCUT2D eigenvalue weighted by atomic mass is 10.1. The molecule has 2 heterocycles. The Kier molecular flexibility index (Phi) is 6.45. The van der Waals surface area contributed by atoms with E-state index in [0.717, 1.165) is 64.1 Å². The molecule has 0 radical (unpaired) electrons. The monoisotopic (exact) mass is 355 g/mol. The normalized spacial score (nSPS) is 19.3. The first kappa shape index (κ1) is 18.6. The van der Waals surface area contributed by atoms with Crippen molar-refractivity contribution < 1.29 is 9.59 Å². The van der Waals surface area contributed by atoms with E-state index in [4.69, 9.17) is 0 Å². The molecule has 0 saturated carbocycles. The molecule has 1 aromatic carbocycles. The average Bonchev–Trinajstić information content (AvgIpc) is 2.89. The van der Waals surface area contributed by atoms with E-state index in [1.54, 1.807) is 4.90 Å². The maximum Gasteiger partial charge on any atom is 0.242 e. The number of nitrogens with zero attached hydrogens (tertiary/aromatic N) is 3. The molecule has 0 bridgehead atoms. The quantitative estimate of drug-likeness (QED) is 0.814. The van der Waals surface area contributed by atoms with Crippen molar-refractivity contribution in [2.24, 2.45) is 0 Å². The van der Waals surface area contributed by atoms with Crippen LogP contribution in [0.25, 0.3) is 6.08 Å². The first-order valence-corrected chi connectivity index (χ1v) is 9.65. The van der Waals surface area contributed by atoms with E-state index in [9.17, 15) is 9.59 Å². The summed E-state index contributed by atoms with van der Waals surface area (Å²) < 4.78 is 0. The maximum absolute atomic E-state index is 12.6. The van der Waals surface area contributed by atoms with Crippen LogP contribution in [0.2, 0.25) is 0 Å². The van der Waals surface area contributed by atoms with E-state index < -0.39 is 0 Å². The number of benzene rings is 1. The molecule has 3 rings (SSSR count). The van der Waals surface area contributed by atoms with Gasteiger partial charge in [0.05, 0.1) is 6.54 Å². The smallest absolute Gasteiger partial charge is 0.242 e. The highest BCUT2D eigenvalue weighted by Gasteiger charge is 2.24. The Morgan fingerprint density at radius 2 is 1.96 bits per heavy atom. The molecule has 2 aliphatic heterocycles. The van der Waals surface area contributed by atoms with Crippen molar-refractivity contribution >= 4 is 17.9 Å². The minimum absolute atomic E-state index is 0.0933. The number of hydrogen-bond acceptors (Lipinski definition) is 3. The van der Waals surface area contributed by atoms with Crippen molar-refractivity contribution in [3.8, 4) is 0 Å². The summed E-state index contributed by atoms with van der Waals surface area (Å²) in [7, 11) is 0. The van der Waals surface area contributed by atoms with E-state index in [1.807, 2.05) is 11.0 Å². The lowest BCUT2D eigenvalue weighted by molar-refractivity contribution is -0.141. The summed E-state index contributed by atoms with van der Waals surface area (Å²) in [5.74, 6) is 0.221. The minimum atomic E-state index is 0.0933. The molecule has 0 N–H and O–H groups in total. The van der Waals surface area contributed by atoms with E-state index >= 15 is 0 Å². The van der Waals surface area contributed by atoms with Gasteiger partial charge in [0, 0.05) is 45.7 Å². The molecule has 0 unspecified atom stereocenters. The Hall–Kier alpha value is -2.14. The van der Waals surface area contributed by atoms with Gasteiger partial charge in [-0.25, -0.2) is 0 Å². The highest BCUT2D eigenvalue weighted by atomic mass is 16.2. The number of amides is 2. The molecule has 1 aromatic rings. The van der Waals surface area contributed by atoms with Gasteiger partial charge in [-0.3, -0.25) is 14.5 Å². The fourth-order valence-corrected chi connectivity index (χ4v) is 3.75. The maximum atomic E-state index is 12.6. The number of carbonyl (C=O) groups is 2. The molecule has 2 aliphatic rings. The molecule has 0 atom stereocenters. The zero-order valence-corrected chi connectivity index (χ0v) is 15.5. The fourth-order valence-electron chi connectivity index (χ4n) is 3.75. The molecule has 2 amide bonds. The van der Waals surface area contributed by atoms with E-state index in [-0.39, 0.29) is 18.4 Å². The van der Waals surface area contributed by atoms with Crippen molar-refractivity contribution in [3.63, 3.8) is 0 Å². The van der Waals surface area contributed by atoms with Crippen LogP contribution in [-0.4, -0.2) is 65.8 Å². The second-order valence-electron chi connectivity index (χ2n) is 7.23. The lowest BCUT2D eigenvalue weighted by Gasteiger charge is -2.29. The van der Waals surface area contributed by atoms with Gasteiger partial charge in [0.2, 0.25) is 11.8 Å². The van der Waals surface area contributed by atoms with Crippen molar-refractivity contribution in [2.75, 3.05) is 39.3 Å². The molecule has 2 saturated heterocycles. The van der Waals surface area contributed by atoms with Gasteiger partial charge in [0.25, 0.3) is 0 Å². The van der Waals surface area contributed by atoms with Gasteiger partial charge in [-0.05, 0) is 30.4 Å². The summed E-state index contributed by atoms with van der Waals surface area (Å²) in [5.41, 5.74) is 2.42. The first-order valence-electron chi connectivity index (χ1n) is 9.65. The van der Waals surface area contributed by atoms with Crippen molar-refractivity contribution in [1.82, 2.24) is 14.7 Å². The largest absolute Gasteiger partial charge is 0.340 e. The van der Waals surface area contributed by atoms with Gasteiger partial charge in [0.15, 0.2) is 0 Å². The van der Waals surface area contributed by atoms with Crippen LogP contribution < -0.4 is 0 Å². The third-order valence-electron chi connectivity index (χ3n) is 5.28. The van der Waals surface area contributed by atoms with Gasteiger partial charge in [0.1, 0.15) is 0 Å². The Morgan fingerprint density at radius 1 is 1.08 bits per heavy atom. The van der Waals surface area contributed by atoms with Gasteiger partial charge >= 0.3 is 0 Å². The molecule has 5 nitrogen and oxygen atoms in total. The van der Waals surface area contributed by atoms with Crippen LogP contribution in [0.1, 0.15) is 36.8 Å². The van der Waals surface area contributed by atoms with E-state index in [2.05, 4.69) is 35.7 Å². The van der Waals surface area contributed by atoms with Crippen LogP contribution in [0.15, 0.2) is 30.8 Å². The lowest BCUT2D eigenvalue weighted by Crippen LogP contribution is -2.45. The molecule has 0 aliphatic carbocycles. The van der Waals surface area contributed by atoms with Crippen molar-refractivity contribution in [3.05, 3.63) is 42.0 Å². The Morgan fingerprint density at radius 3 is 2.77 bits per heavy atom. The second-order valence-corrected chi connectivity index (χ2v) is 7.23. The number of likely N-dealkylation sites (tertiary alicyclic amines) is 1. The van der Waals surface area contributed by atoms with Gasteiger partial charge in [-0.1, -0.05) is 36.9 Å². The van der Waals surface area contributed by atoms with E-state index in [1.165, 1.54) is 5.56 Å². The van der Waals surface area contributed by atoms with Crippen LogP contribution >= 0.6 is 0 Å². The van der Waals surface area contributed by atoms with Crippen LogP contribution in [0.4, 0.5) is 0 Å². The standard InChI is InChI=1S/C21H29N3O2/c1-2-18-7-5-8-19(15-18)16-22-10-6-12-23(14-13-22)21(26)17-24-11-4-3-9-20(24)25/h2,5,7-8,15H,1,3-4,6,9-14,16-17H2. The predicted molar refractivity (Wildman–Crippen MR) is 103 cm³/mol. The average molecular weight is 355 g/mol. The molecule has 2 fully saturated rings. The van der Waals surface area contributed by atoms with Gasteiger partial charge in [-0.15, -0.1) is 0 Å². The fraction of sp³-hybridized carbons (Fsp3) is 0.524. The topological polar surface area (TPSA) is 43.9 Å². The number of hydrogen-bond donors (Lipinski definition) is 0. The molecular formula is C21H29N3O2. The summed E-state index contributed by atoms with van der Waals surface area (Å²) in [5, 5.41) is 0. The highest BCUT2D eigenvalue weighted by Crippen LogP contribution is 2.14. The Labute approximate surface area is 156 Å². The zero-order valence-electron chi connectivity index (χ0n) is 15.5. The minimum Gasteiger partial charge on any atom is -0.340 e. The van der Waals surface area contributed by atoms with Crippen LogP contribution in [-0.2, 0) is 16.1 Å². The number of rotatable bonds is 5. The Balaban J connectivity index is 1.51. The third-order valence-corrected chi connectivity index (χ3v) is 5.28. The summed E-state index contributed by atoms with van der Waals surface area (Å²) in [4.78, 5) is 30.6. The second kappa shape index (κ2) is 8.99. The highest BCUT2D eigenvalue weighted by molar-refractivity contribution is 5.85. The molecular weight excluding hydrogens is 326 g/mol. The number of carbonyl (C=O) groups excluding carboxylic acids is 2. The van der Waals surface area contributed by atoms with Crippen LogP contribution in [0.3, 0.4) is 0 Å². The molecule has 5 heteroatoms. The predicted octanol–water partition coefficient (Wildman–Crippen LogP) is 2.38. The van der Waals surface area contributed by atoms with Gasteiger partial charge < -0.3 is 9.80 Å². The van der Waals surface area contributed by atoms with Gasteiger partial charge in [-0.2, -0.15) is 0 Å². The Bertz CT molecular complexity index is 658. The van der Waals surface area contributed by atoms with Crippen LogP contribution in [0, 0.1) is 0 Å². The molecule has 0 aromatic heterocycles. The van der Waals surface area contributed by atoms with E-state index in [0.29, 0.717) is 6.42 Å². The third kappa shape index (κ3) is 4.94. The number of piperidine rings is 1. The summed E-state index contributed by atoms with van der Waals surface area (Å²) in [6, 6.07) is 8.43. The molecule has 0 spiro atoms.